The second kappa shape index (κ2) is 13.0. The standard InChI is InChI=1S/C28H38ClN3O4/c1-19(2)30-27(34)24-11-10-22(18-25(24)29)32-15-12-20(13-16-32)7-6-14-31(3)28(35)26(33)21-8-5-9-23(17-21)36-4/h5,8-11,17-20,26,33H,6-7,12-16H2,1-4H3,(H,30,34). The zero-order valence-corrected chi connectivity index (χ0v) is 22.4. The molecule has 1 aliphatic heterocycles. The van der Waals surface area contributed by atoms with Gasteiger partial charge in [-0.1, -0.05) is 23.7 Å². The van der Waals surface area contributed by atoms with Crippen LogP contribution in [0.4, 0.5) is 5.69 Å². The molecule has 0 saturated carbocycles. The number of methoxy groups -OCH3 is 1. The Morgan fingerprint density at radius 1 is 1.19 bits per heavy atom. The number of anilines is 1. The van der Waals surface area contributed by atoms with Gasteiger partial charge in [-0.05, 0) is 81.3 Å². The molecule has 1 atom stereocenters. The molecule has 2 N–H and O–H groups in total. The molecular weight excluding hydrogens is 478 g/mol. The number of hydrogen-bond donors (Lipinski definition) is 2. The summed E-state index contributed by atoms with van der Waals surface area (Å²) in [5, 5.41) is 13.8. The third-order valence-corrected chi connectivity index (χ3v) is 7.04. The Balaban J connectivity index is 1.43. The van der Waals surface area contributed by atoms with Crippen LogP contribution in [0.25, 0.3) is 0 Å². The van der Waals surface area contributed by atoms with E-state index in [1.54, 1.807) is 49.4 Å². The van der Waals surface area contributed by atoms with Crippen LogP contribution >= 0.6 is 11.6 Å². The van der Waals surface area contributed by atoms with Crippen molar-refractivity contribution in [2.45, 2.75) is 51.7 Å². The number of carbonyl (C=O) groups excluding carboxylic acids is 2. The van der Waals surface area contributed by atoms with Crippen LogP contribution < -0.4 is 15.0 Å². The van der Waals surface area contributed by atoms with E-state index in [4.69, 9.17) is 16.3 Å². The first-order chi connectivity index (χ1) is 17.2. The van der Waals surface area contributed by atoms with Gasteiger partial charge < -0.3 is 25.0 Å². The average molecular weight is 516 g/mol. The molecule has 1 heterocycles. The number of ether oxygens (including phenoxy) is 1. The molecule has 1 unspecified atom stereocenters. The number of nitrogens with one attached hydrogen (secondary N) is 1. The summed E-state index contributed by atoms with van der Waals surface area (Å²) >= 11 is 6.41. The highest BCUT2D eigenvalue weighted by Crippen LogP contribution is 2.29. The average Bonchev–Trinajstić information content (AvgIpc) is 2.87. The van der Waals surface area contributed by atoms with Crippen LogP contribution in [0.2, 0.25) is 5.02 Å². The fraction of sp³-hybridized carbons (Fsp3) is 0.500. The molecule has 0 bridgehead atoms. The van der Waals surface area contributed by atoms with Crippen LogP contribution in [0.1, 0.15) is 61.6 Å². The quantitative estimate of drug-likeness (QED) is 0.480. The molecule has 0 aromatic heterocycles. The summed E-state index contributed by atoms with van der Waals surface area (Å²) in [5.41, 5.74) is 2.07. The van der Waals surface area contributed by atoms with E-state index < -0.39 is 6.10 Å². The van der Waals surface area contributed by atoms with E-state index in [0.29, 0.717) is 34.4 Å². The number of halogens is 1. The van der Waals surface area contributed by atoms with Gasteiger partial charge in [-0.2, -0.15) is 0 Å². The highest BCUT2D eigenvalue weighted by Gasteiger charge is 2.23. The van der Waals surface area contributed by atoms with Crippen molar-refractivity contribution in [1.29, 1.82) is 0 Å². The van der Waals surface area contributed by atoms with Crippen molar-refractivity contribution in [2.24, 2.45) is 5.92 Å². The summed E-state index contributed by atoms with van der Waals surface area (Å²) in [5.74, 6) is 0.753. The van der Waals surface area contributed by atoms with Gasteiger partial charge in [0.05, 0.1) is 17.7 Å². The normalized spacial score (nSPS) is 15.0. The van der Waals surface area contributed by atoms with E-state index in [2.05, 4.69) is 10.2 Å². The van der Waals surface area contributed by atoms with Gasteiger partial charge in [-0.3, -0.25) is 9.59 Å². The molecule has 36 heavy (non-hydrogen) atoms. The van der Waals surface area contributed by atoms with Crippen molar-refractivity contribution in [3.8, 4) is 5.75 Å². The lowest BCUT2D eigenvalue weighted by atomic mass is 9.91. The van der Waals surface area contributed by atoms with E-state index in [1.165, 1.54) is 0 Å². The number of hydrogen-bond acceptors (Lipinski definition) is 5. The van der Waals surface area contributed by atoms with E-state index in [9.17, 15) is 14.7 Å². The second-order valence-electron chi connectivity index (χ2n) is 9.80. The first-order valence-electron chi connectivity index (χ1n) is 12.6. The molecular formula is C28H38ClN3O4. The van der Waals surface area contributed by atoms with Crippen molar-refractivity contribution in [3.63, 3.8) is 0 Å². The maximum atomic E-state index is 12.7. The third-order valence-electron chi connectivity index (χ3n) is 6.72. The number of aliphatic hydroxyl groups is 1. The van der Waals surface area contributed by atoms with Crippen molar-refractivity contribution in [3.05, 3.63) is 58.6 Å². The van der Waals surface area contributed by atoms with E-state index in [1.807, 2.05) is 26.0 Å². The summed E-state index contributed by atoms with van der Waals surface area (Å²) in [6.45, 7) is 6.32. The molecule has 0 radical (unpaired) electrons. The minimum atomic E-state index is -1.19. The topological polar surface area (TPSA) is 82.1 Å². The second-order valence-corrected chi connectivity index (χ2v) is 10.2. The fourth-order valence-electron chi connectivity index (χ4n) is 4.59. The van der Waals surface area contributed by atoms with Gasteiger partial charge in [0.2, 0.25) is 0 Å². The molecule has 196 valence electrons. The van der Waals surface area contributed by atoms with Crippen molar-refractivity contribution >= 4 is 29.1 Å². The summed E-state index contributed by atoms with van der Waals surface area (Å²) in [6.07, 6.45) is 2.87. The van der Waals surface area contributed by atoms with Crippen molar-refractivity contribution in [1.82, 2.24) is 10.2 Å². The Kier molecular flexibility index (Phi) is 10.0. The van der Waals surface area contributed by atoms with Crippen LogP contribution in [-0.2, 0) is 4.79 Å². The molecule has 1 saturated heterocycles. The van der Waals surface area contributed by atoms with Crippen molar-refractivity contribution in [2.75, 3.05) is 38.7 Å². The predicted octanol–water partition coefficient (Wildman–Crippen LogP) is 4.68. The van der Waals surface area contributed by atoms with Gasteiger partial charge in [0.25, 0.3) is 11.8 Å². The number of aliphatic hydroxyl groups excluding tert-OH is 1. The van der Waals surface area contributed by atoms with E-state index in [-0.39, 0.29) is 17.9 Å². The lowest BCUT2D eigenvalue weighted by molar-refractivity contribution is -0.139. The summed E-state index contributed by atoms with van der Waals surface area (Å²) in [4.78, 5) is 28.9. The maximum absolute atomic E-state index is 12.7. The van der Waals surface area contributed by atoms with Crippen LogP contribution in [-0.4, -0.2) is 61.7 Å². The van der Waals surface area contributed by atoms with Gasteiger partial charge in [-0.15, -0.1) is 0 Å². The molecule has 1 aliphatic rings. The molecule has 2 amide bonds. The Morgan fingerprint density at radius 2 is 1.92 bits per heavy atom. The molecule has 3 rings (SSSR count). The number of carbonyl (C=O) groups is 2. The lowest BCUT2D eigenvalue weighted by Crippen LogP contribution is -2.35. The zero-order valence-electron chi connectivity index (χ0n) is 21.7. The largest absolute Gasteiger partial charge is 0.497 e. The van der Waals surface area contributed by atoms with Crippen LogP contribution in [0.15, 0.2) is 42.5 Å². The fourth-order valence-corrected chi connectivity index (χ4v) is 4.86. The summed E-state index contributed by atoms with van der Waals surface area (Å²) in [6, 6.07) is 12.7. The van der Waals surface area contributed by atoms with E-state index >= 15 is 0 Å². The smallest absolute Gasteiger partial charge is 0.255 e. The number of piperidine rings is 1. The first-order valence-corrected chi connectivity index (χ1v) is 13.0. The monoisotopic (exact) mass is 515 g/mol. The van der Waals surface area contributed by atoms with Gasteiger partial charge in [-0.25, -0.2) is 0 Å². The van der Waals surface area contributed by atoms with Crippen molar-refractivity contribution < 1.29 is 19.4 Å². The predicted molar refractivity (Wildman–Crippen MR) is 144 cm³/mol. The molecule has 0 spiro atoms. The van der Waals surface area contributed by atoms with E-state index in [0.717, 1.165) is 44.5 Å². The van der Waals surface area contributed by atoms with Crippen LogP contribution in [0.3, 0.4) is 0 Å². The van der Waals surface area contributed by atoms with Gasteiger partial charge in [0, 0.05) is 38.4 Å². The summed E-state index contributed by atoms with van der Waals surface area (Å²) < 4.78 is 5.18. The molecule has 1 fully saturated rings. The number of rotatable bonds is 10. The first kappa shape index (κ1) is 27.8. The molecule has 2 aromatic rings. The number of likely N-dealkylation sites (N-methyl/N-ethyl adjacent to an activating group) is 1. The van der Waals surface area contributed by atoms with Gasteiger partial charge in [0.1, 0.15) is 5.75 Å². The van der Waals surface area contributed by atoms with Gasteiger partial charge in [0.15, 0.2) is 6.10 Å². The minimum absolute atomic E-state index is 0.0585. The maximum Gasteiger partial charge on any atom is 0.255 e. The highest BCUT2D eigenvalue weighted by molar-refractivity contribution is 6.34. The Bertz CT molecular complexity index is 1040. The Hall–Kier alpha value is -2.77. The SMILES string of the molecule is COc1cccc(C(O)C(=O)N(C)CCCC2CCN(c3ccc(C(=O)NC(C)C)c(Cl)c3)CC2)c1. The number of nitrogens with zero attached hydrogens (tertiary/aromatic N) is 2. The summed E-state index contributed by atoms with van der Waals surface area (Å²) in [7, 11) is 3.30. The zero-order chi connectivity index (χ0) is 26.2. The number of benzene rings is 2. The number of amides is 2. The lowest BCUT2D eigenvalue weighted by Gasteiger charge is -2.34. The third kappa shape index (κ3) is 7.37. The van der Waals surface area contributed by atoms with Crippen LogP contribution in [0.5, 0.6) is 5.75 Å². The molecule has 8 heteroatoms. The van der Waals surface area contributed by atoms with Gasteiger partial charge >= 0.3 is 0 Å². The molecule has 0 aliphatic carbocycles. The molecule has 2 aromatic carbocycles. The Labute approximate surface area is 219 Å². The highest BCUT2D eigenvalue weighted by atomic mass is 35.5. The molecule has 7 nitrogen and oxygen atoms in total. The minimum Gasteiger partial charge on any atom is -0.497 e. The van der Waals surface area contributed by atoms with Crippen LogP contribution in [0, 0.1) is 5.92 Å². The Morgan fingerprint density at radius 3 is 2.56 bits per heavy atom.